The third-order valence-corrected chi connectivity index (χ3v) is 6.04. The second-order valence-corrected chi connectivity index (χ2v) is 7.55. The molecule has 0 aromatic heterocycles. The maximum atomic E-state index is 10.1. The number of hydrogen-bond donors (Lipinski definition) is 1. The van der Waals surface area contributed by atoms with Crippen molar-refractivity contribution < 1.29 is 9.47 Å². The van der Waals surface area contributed by atoms with Crippen molar-refractivity contribution in [2.45, 2.75) is 19.3 Å². The van der Waals surface area contributed by atoms with Crippen LogP contribution in [-0.4, -0.2) is 31.3 Å². The van der Waals surface area contributed by atoms with Crippen LogP contribution >= 0.6 is 0 Å². The van der Waals surface area contributed by atoms with Crippen LogP contribution in [0.25, 0.3) is 0 Å². The molecule has 2 N–H and O–H groups in total. The normalized spacial score (nSPS) is 24.7. The number of fused-ring (bicyclic) bond motifs is 2. The van der Waals surface area contributed by atoms with E-state index >= 15 is 0 Å². The standard InChI is InChI=1S/C22H21N5O2/c1-2-6-27-7-5-15-16(9-23)21(26)22(11-24,12-25)20(17(15)10-27)14-3-4-18-19(8-14)29-13-28-18/h3-5,8,17,20H,2,6-7,10,13,26H2,1H3/t17-,20+/m0/s1. The first-order valence-electron chi connectivity index (χ1n) is 9.64. The maximum absolute atomic E-state index is 10.1. The lowest BCUT2D eigenvalue weighted by Gasteiger charge is -2.45. The first-order chi connectivity index (χ1) is 14.1. The molecule has 1 aromatic carbocycles. The van der Waals surface area contributed by atoms with Crippen molar-refractivity contribution >= 4 is 0 Å². The van der Waals surface area contributed by atoms with Crippen LogP contribution in [0, 0.1) is 45.3 Å². The average Bonchev–Trinajstić information content (AvgIpc) is 3.21. The van der Waals surface area contributed by atoms with E-state index in [1.54, 1.807) is 6.07 Å². The number of ether oxygens (including phenoxy) is 2. The van der Waals surface area contributed by atoms with Crippen LogP contribution in [-0.2, 0) is 0 Å². The molecule has 4 rings (SSSR count). The first-order valence-corrected chi connectivity index (χ1v) is 9.64. The topological polar surface area (TPSA) is 119 Å². The number of allylic oxidation sites excluding steroid dienone is 2. The van der Waals surface area contributed by atoms with E-state index in [1.165, 1.54) is 0 Å². The van der Waals surface area contributed by atoms with E-state index in [2.05, 4.69) is 30.0 Å². The Morgan fingerprint density at radius 3 is 2.66 bits per heavy atom. The maximum Gasteiger partial charge on any atom is 0.231 e. The Labute approximate surface area is 169 Å². The summed E-state index contributed by atoms with van der Waals surface area (Å²) in [5, 5.41) is 30.0. The molecule has 0 saturated carbocycles. The van der Waals surface area contributed by atoms with Gasteiger partial charge in [0.2, 0.25) is 6.79 Å². The summed E-state index contributed by atoms with van der Waals surface area (Å²) in [5.41, 5.74) is 6.63. The summed E-state index contributed by atoms with van der Waals surface area (Å²) in [7, 11) is 0. The van der Waals surface area contributed by atoms with Crippen molar-refractivity contribution in [1.82, 2.24) is 4.90 Å². The number of hydrogen-bond acceptors (Lipinski definition) is 7. The minimum Gasteiger partial charge on any atom is -0.454 e. The number of rotatable bonds is 3. The molecule has 2 aliphatic heterocycles. The minimum absolute atomic E-state index is 0.0408. The van der Waals surface area contributed by atoms with Gasteiger partial charge >= 0.3 is 0 Å². The second-order valence-electron chi connectivity index (χ2n) is 7.55. The zero-order chi connectivity index (χ0) is 20.6. The van der Waals surface area contributed by atoms with Gasteiger partial charge in [0.15, 0.2) is 16.9 Å². The average molecular weight is 387 g/mol. The quantitative estimate of drug-likeness (QED) is 0.846. The van der Waals surface area contributed by atoms with Crippen LogP contribution in [0.5, 0.6) is 11.5 Å². The van der Waals surface area contributed by atoms with Crippen LogP contribution in [0.1, 0.15) is 24.8 Å². The molecule has 0 amide bonds. The van der Waals surface area contributed by atoms with Gasteiger partial charge in [-0.1, -0.05) is 19.1 Å². The Hall–Kier alpha value is -3.47. The van der Waals surface area contributed by atoms with E-state index in [0.717, 1.165) is 30.6 Å². The zero-order valence-corrected chi connectivity index (χ0v) is 16.2. The van der Waals surface area contributed by atoms with Crippen molar-refractivity contribution in [1.29, 1.82) is 15.8 Å². The summed E-state index contributed by atoms with van der Waals surface area (Å²) in [6.45, 7) is 4.54. The molecule has 0 radical (unpaired) electrons. The molecule has 0 spiro atoms. The summed E-state index contributed by atoms with van der Waals surface area (Å²) in [6.07, 6.45) is 3.02. The molecule has 0 saturated heterocycles. The Kier molecular flexibility index (Phi) is 4.66. The van der Waals surface area contributed by atoms with Gasteiger partial charge in [-0.3, -0.25) is 4.90 Å². The number of benzene rings is 1. The summed E-state index contributed by atoms with van der Waals surface area (Å²) >= 11 is 0. The molecular formula is C22H21N5O2. The van der Waals surface area contributed by atoms with Gasteiger partial charge in [-0.25, -0.2) is 0 Å². The molecule has 146 valence electrons. The smallest absolute Gasteiger partial charge is 0.231 e. The van der Waals surface area contributed by atoms with E-state index in [0.29, 0.717) is 18.0 Å². The Morgan fingerprint density at radius 1 is 1.21 bits per heavy atom. The Balaban J connectivity index is 1.93. The van der Waals surface area contributed by atoms with Gasteiger partial charge in [0, 0.05) is 24.9 Å². The fourth-order valence-electron chi connectivity index (χ4n) is 4.72. The van der Waals surface area contributed by atoms with Crippen molar-refractivity contribution in [3.63, 3.8) is 0 Å². The molecule has 29 heavy (non-hydrogen) atoms. The molecule has 0 bridgehead atoms. The van der Waals surface area contributed by atoms with Crippen molar-refractivity contribution in [2.75, 3.05) is 26.4 Å². The SMILES string of the molecule is CCCN1CC=C2C(C#N)=C(N)C(C#N)(C#N)[C@H](c3ccc4c(c3)OCO4)[C@H]2C1. The lowest BCUT2D eigenvalue weighted by molar-refractivity contribution is 0.173. The fraction of sp³-hybridized carbons (Fsp3) is 0.409. The molecule has 1 aromatic rings. The van der Waals surface area contributed by atoms with Gasteiger partial charge in [-0.2, -0.15) is 15.8 Å². The highest BCUT2D eigenvalue weighted by Crippen LogP contribution is 2.55. The Morgan fingerprint density at radius 2 is 1.97 bits per heavy atom. The van der Waals surface area contributed by atoms with E-state index in [1.807, 2.05) is 18.2 Å². The highest BCUT2D eigenvalue weighted by molar-refractivity contribution is 5.60. The minimum atomic E-state index is -1.63. The van der Waals surface area contributed by atoms with Crippen LogP contribution in [0.4, 0.5) is 0 Å². The van der Waals surface area contributed by atoms with E-state index in [9.17, 15) is 15.8 Å². The predicted octanol–water partition coefficient (Wildman–Crippen LogP) is 2.55. The molecule has 1 aliphatic carbocycles. The van der Waals surface area contributed by atoms with Gasteiger partial charge < -0.3 is 15.2 Å². The molecule has 7 nitrogen and oxygen atoms in total. The molecule has 0 unspecified atom stereocenters. The third-order valence-electron chi connectivity index (χ3n) is 6.04. The van der Waals surface area contributed by atoms with Gasteiger partial charge in [-0.05, 0) is 36.2 Å². The van der Waals surface area contributed by atoms with E-state index in [-0.39, 0.29) is 24.0 Å². The lowest BCUT2D eigenvalue weighted by Crippen LogP contribution is -2.48. The van der Waals surface area contributed by atoms with Gasteiger partial charge in [-0.15, -0.1) is 0 Å². The molecule has 3 aliphatic rings. The van der Waals surface area contributed by atoms with Gasteiger partial charge in [0.1, 0.15) is 6.07 Å². The van der Waals surface area contributed by atoms with E-state index in [4.69, 9.17) is 15.2 Å². The highest BCUT2D eigenvalue weighted by atomic mass is 16.7. The van der Waals surface area contributed by atoms with E-state index < -0.39 is 11.3 Å². The third kappa shape index (κ3) is 2.73. The van der Waals surface area contributed by atoms with Crippen LogP contribution < -0.4 is 15.2 Å². The highest BCUT2D eigenvalue weighted by Gasteiger charge is 2.54. The van der Waals surface area contributed by atoms with Crippen molar-refractivity contribution in [2.24, 2.45) is 17.1 Å². The predicted molar refractivity (Wildman–Crippen MR) is 104 cm³/mol. The first kappa shape index (κ1) is 18.9. The largest absolute Gasteiger partial charge is 0.454 e. The van der Waals surface area contributed by atoms with Crippen LogP contribution in [0.2, 0.25) is 0 Å². The molecule has 7 heteroatoms. The molecular weight excluding hydrogens is 366 g/mol. The zero-order valence-electron chi connectivity index (χ0n) is 16.2. The fourth-order valence-corrected chi connectivity index (χ4v) is 4.72. The van der Waals surface area contributed by atoms with Gasteiger partial charge in [0.05, 0.1) is 23.4 Å². The molecule has 0 fully saturated rings. The van der Waals surface area contributed by atoms with Crippen molar-refractivity contribution in [3.8, 4) is 29.7 Å². The summed E-state index contributed by atoms with van der Waals surface area (Å²) in [4.78, 5) is 2.28. The molecule has 2 heterocycles. The summed E-state index contributed by atoms with van der Waals surface area (Å²) in [5.74, 6) is 0.511. The van der Waals surface area contributed by atoms with Crippen LogP contribution in [0.15, 0.2) is 41.1 Å². The summed E-state index contributed by atoms with van der Waals surface area (Å²) < 4.78 is 10.9. The lowest BCUT2D eigenvalue weighted by atomic mass is 9.58. The Bertz CT molecular complexity index is 1020. The van der Waals surface area contributed by atoms with Crippen LogP contribution in [0.3, 0.4) is 0 Å². The monoisotopic (exact) mass is 387 g/mol. The van der Waals surface area contributed by atoms with Crippen molar-refractivity contribution in [3.05, 3.63) is 46.7 Å². The number of nitrogens with zero attached hydrogens (tertiary/aromatic N) is 4. The van der Waals surface area contributed by atoms with Gasteiger partial charge in [0.25, 0.3) is 0 Å². The number of nitrogens with two attached hydrogens (primary N) is 1. The molecule has 2 atom stereocenters. The second kappa shape index (κ2) is 7.17. The number of nitriles is 3. The summed E-state index contributed by atoms with van der Waals surface area (Å²) in [6, 6.07) is 12.0.